The molecule has 1 atom stereocenters. The third kappa shape index (κ3) is 29.5. The summed E-state index contributed by atoms with van der Waals surface area (Å²) >= 11 is 0. The molecule has 11 nitrogen and oxygen atoms in total. The van der Waals surface area contributed by atoms with Crippen LogP contribution < -0.4 is 0 Å². The molecule has 0 aromatic rings. The van der Waals surface area contributed by atoms with Gasteiger partial charge in [0.1, 0.15) is 0 Å². The first-order valence-corrected chi connectivity index (χ1v) is 22.3. The van der Waals surface area contributed by atoms with Gasteiger partial charge in [-0.2, -0.15) is 0 Å². The largest absolute Gasteiger partial charge is 0.466 e. The zero-order valence-corrected chi connectivity index (χ0v) is 34.9. The van der Waals surface area contributed by atoms with Crippen molar-refractivity contribution in [1.29, 1.82) is 0 Å². The van der Waals surface area contributed by atoms with Gasteiger partial charge < -0.3 is 34.2 Å². The first-order chi connectivity index (χ1) is 26.4. The van der Waals surface area contributed by atoms with Crippen molar-refractivity contribution in [3.8, 4) is 0 Å². The topological polar surface area (TPSA) is 129 Å². The number of β-amino-alcohol motifs (C(OH)–C–C–N with tert-alkyl or cyclic N) is 1. The fraction of sp³-hybridized carbons (Fsp3) is 0.930. The van der Waals surface area contributed by atoms with Gasteiger partial charge in [0.05, 0.1) is 45.2 Å². The highest BCUT2D eigenvalue weighted by Gasteiger charge is 2.20. The smallest absolute Gasteiger partial charge is 0.308 e. The average molecular weight is 770 g/mol. The van der Waals surface area contributed by atoms with E-state index in [4.69, 9.17) is 19.3 Å². The highest BCUT2D eigenvalue weighted by Crippen LogP contribution is 2.21. The highest BCUT2D eigenvalue weighted by atomic mass is 16.5. The molecule has 1 saturated heterocycles. The summed E-state index contributed by atoms with van der Waals surface area (Å²) in [5.41, 5.74) is 0. The molecule has 0 saturated carbocycles. The van der Waals surface area contributed by atoms with Crippen molar-refractivity contribution in [2.75, 3.05) is 91.9 Å². The minimum Gasteiger partial charge on any atom is -0.466 e. The molecule has 2 N–H and O–H groups in total. The number of hydrogen-bond acceptors (Lipinski definition) is 11. The molecule has 0 radical (unpaired) electrons. The standard InChI is InChI=1S/C43H83N3O8/c1-3-5-7-9-10-16-23-40(22-15-8-6-4-2)43(51)54-39-20-14-13-19-38-53-42(50)25-29-44(28-24-41(49)52-37-18-12-11-17-35-47)26-21-27-45-30-32-46(33-31-45)34-36-48/h40,47-48H,3-39H2,1-2H3. The number of carbonyl (C=O) groups excluding carboxylic acids is 3. The molecule has 1 aliphatic heterocycles. The Morgan fingerprint density at radius 2 is 0.963 bits per heavy atom. The van der Waals surface area contributed by atoms with Crippen molar-refractivity contribution in [3.05, 3.63) is 0 Å². The minimum absolute atomic E-state index is 0.0118. The number of ether oxygens (including phenoxy) is 3. The van der Waals surface area contributed by atoms with Gasteiger partial charge in [0, 0.05) is 52.4 Å². The molecule has 11 heteroatoms. The lowest BCUT2D eigenvalue weighted by molar-refractivity contribution is -0.149. The van der Waals surface area contributed by atoms with Crippen molar-refractivity contribution in [1.82, 2.24) is 14.7 Å². The molecule has 1 aliphatic rings. The summed E-state index contributed by atoms with van der Waals surface area (Å²) in [6.45, 7) is 13.6. The number of esters is 3. The number of carbonyl (C=O) groups is 3. The number of unbranched alkanes of at least 4 members (excludes halogenated alkanes) is 14. The molecule has 0 amide bonds. The Morgan fingerprint density at radius 1 is 0.519 bits per heavy atom. The van der Waals surface area contributed by atoms with Crippen LogP contribution in [0.1, 0.15) is 162 Å². The van der Waals surface area contributed by atoms with Crippen LogP contribution in [0.2, 0.25) is 0 Å². The summed E-state index contributed by atoms with van der Waals surface area (Å²) in [7, 11) is 0. The van der Waals surface area contributed by atoms with Crippen LogP contribution in [0.15, 0.2) is 0 Å². The molecule has 0 aromatic heterocycles. The van der Waals surface area contributed by atoms with Gasteiger partial charge in [-0.1, -0.05) is 84.5 Å². The Kier molecular flexibility index (Phi) is 34.3. The van der Waals surface area contributed by atoms with Crippen molar-refractivity contribution < 1.29 is 38.8 Å². The Hall–Kier alpha value is -1.79. The summed E-state index contributed by atoms with van der Waals surface area (Å²) in [5.74, 6) is -0.402. The van der Waals surface area contributed by atoms with Gasteiger partial charge in [-0.25, -0.2) is 0 Å². The third-order valence-corrected chi connectivity index (χ3v) is 10.6. The number of nitrogens with zero attached hydrogens (tertiary/aromatic N) is 3. The van der Waals surface area contributed by atoms with E-state index in [-0.39, 0.29) is 43.5 Å². The number of hydrogen-bond donors (Lipinski definition) is 2. The van der Waals surface area contributed by atoms with Crippen LogP contribution in [-0.4, -0.2) is 135 Å². The van der Waals surface area contributed by atoms with E-state index in [9.17, 15) is 19.5 Å². The van der Waals surface area contributed by atoms with Crippen LogP contribution in [0.5, 0.6) is 0 Å². The van der Waals surface area contributed by atoms with Crippen LogP contribution in [0.4, 0.5) is 0 Å². The first kappa shape index (κ1) is 50.2. The Bertz CT molecular complexity index is 887. The van der Waals surface area contributed by atoms with E-state index in [1.54, 1.807) is 0 Å². The lowest BCUT2D eigenvalue weighted by atomic mass is 9.94. The van der Waals surface area contributed by atoms with Gasteiger partial charge >= 0.3 is 17.9 Å². The van der Waals surface area contributed by atoms with Gasteiger partial charge in [0.15, 0.2) is 0 Å². The van der Waals surface area contributed by atoms with Gasteiger partial charge in [0.2, 0.25) is 0 Å². The average Bonchev–Trinajstić information content (AvgIpc) is 3.17. The Labute approximate surface area is 330 Å². The summed E-state index contributed by atoms with van der Waals surface area (Å²) in [5, 5.41) is 18.1. The molecule has 0 aromatic carbocycles. The van der Waals surface area contributed by atoms with Gasteiger partial charge in [0.25, 0.3) is 0 Å². The molecule has 1 unspecified atom stereocenters. The summed E-state index contributed by atoms with van der Waals surface area (Å²) < 4.78 is 16.7. The van der Waals surface area contributed by atoms with E-state index in [1.807, 2.05) is 0 Å². The second-order valence-corrected chi connectivity index (χ2v) is 15.4. The van der Waals surface area contributed by atoms with Crippen LogP contribution >= 0.6 is 0 Å². The van der Waals surface area contributed by atoms with Crippen molar-refractivity contribution in [2.24, 2.45) is 5.92 Å². The van der Waals surface area contributed by atoms with Crippen molar-refractivity contribution in [3.63, 3.8) is 0 Å². The van der Waals surface area contributed by atoms with E-state index in [0.717, 1.165) is 129 Å². The molecular weight excluding hydrogens is 686 g/mol. The SMILES string of the molecule is CCCCCCCCC(CCCCCC)C(=O)OCCCCCCOC(=O)CCN(CCCN1CCN(CCO)CC1)CCC(=O)OCCCCCCO. The molecule has 1 rings (SSSR count). The molecule has 1 heterocycles. The van der Waals surface area contributed by atoms with E-state index < -0.39 is 0 Å². The number of aliphatic hydroxyl groups excluding tert-OH is 2. The summed E-state index contributed by atoms with van der Waals surface area (Å²) in [4.78, 5) is 44.8. The van der Waals surface area contributed by atoms with Crippen molar-refractivity contribution >= 4 is 17.9 Å². The van der Waals surface area contributed by atoms with Crippen LogP contribution in [0.3, 0.4) is 0 Å². The zero-order valence-electron chi connectivity index (χ0n) is 34.9. The quantitative estimate of drug-likeness (QED) is 0.0378. The maximum Gasteiger partial charge on any atom is 0.308 e. The lowest BCUT2D eigenvalue weighted by Crippen LogP contribution is -2.47. The molecular formula is C43H83N3O8. The Morgan fingerprint density at radius 3 is 1.48 bits per heavy atom. The Balaban J connectivity index is 2.33. The fourth-order valence-corrected chi connectivity index (χ4v) is 7.03. The summed E-state index contributed by atoms with van der Waals surface area (Å²) in [6.07, 6.45) is 22.5. The van der Waals surface area contributed by atoms with Gasteiger partial charge in [-0.15, -0.1) is 0 Å². The third-order valence-electron chi connectivity index (χ3n) is 10.6. The molecule has 0 aliphatic carbocycles. The fourth-order valence-electron chi connectivity index (χ4n) is 7.03. The predicted octanol–water partition coefficient (Wildman–Crippen LogP) is 7.15. The molecule has 0 bridgehead atoms. The normalized spacial score (nSPS) is 14.4. The molecule has 318 valence electrons. The highest BCUT2D eigenvalue weighted by molar-refractivity contribution is 5.72. The van der Waals surface area contributed by atoms with E-state index in [1.165, 1.54) is 51.4 Å². The van der Waals surface area contributed by atoms with Gasteiger partial charge in [-0.05, 0) is 77.3 Å². The van der Waals surface area contributed by atoms with Gasteiger partial charge in [-0.3, -0.25) is 19.3 Å². The number of aliphatic hydroxyl groups is 2. The lowest BCUT2D eigenvalue weighted by Gasteiger charge is -2.34. The number of piperazine rings is 1. The van der Waals surface area contributed by atoms with Crippen LogP contribution in [0, 0.1) is 5.92 Å². The van der Waals surface area contributed by atoms with Crippen LogP contribution in [-0.2, 0) is 28.6 Å². The minimum atomic E-state index is -0.213. The second-order valence-electron chi connectivity index (χ2n) is 15.4. The number of rotatable bonds is 38. The monoisotopic (exact) mass is 770 g/mol. The zero-order chi connectivity index (χ0) is 39.3. The van der Waals surface area contributed by atoms with Crippen LogP contribution in [0.25, 0.3) is 0 Å². The molecule has 54 heavy (non-hydrogen) atoms. The van der Waals surface area contributed by atoms with E-state index >= 15 is 0 Å². The molecule has 0 spiro atoms. The van der Waals surface area contributed by atoms with E-state index in [0.29, 0.717) is 39.3 Å². The predicted molar refractivity (Wildman–Crippen MR) is 217 cm³/mol. The van der Waals surface area contributed by atoms with Crippen molar-refractivity contribution in [2.45, 2.75) is 162 Å². The first-order valence-electron chi connectivity index (χ1n) is 22.3. The maximum atomic E-state index is 12.9. The van der Waals surface area contributed by atoms with E-state index in [2.05, 4.69) is 28.5 Å². The summed E-state index contributed by atoms with van der Waals surface area (Å²) in [6, 6.07) is 0. The second kappa shape index (κ2) is 36.8. The molecule has 1 fully saturated rings. The maximum absolute atomic E-state index is 12.9.